The predicted molar refractivity (Wildman–Crippen MR) is 70.7 cm³/mol. The van der Waals surface area contributed by atoms with Crippen LogP contribution in [0, 0.1) is 0 Å². The maximum atomic E-state index is 10.9. The van der Waals surface area contributed by atoms with E-state index in [9.17, 15) is 4.79 Å². The van der Waals surface area contributed by atoms with Gasteiger partial charge in [0.25, 0.3) is 5.91 Å². The molecule has 0 bridgehead atoms. The molecule has 0 aliphatic carbocycles. The minimum atomic E-state index is -0.509. The van der Waals surface area contributed by atoms with Crippen LogP contribution in [0.25, 0.3) is 10.6 Å². The van der Waals surface area contributed by atoms with Gasteiger partial charge in [0.2, 0.25) is 0 Å². The predicted octanol–water partition coefficient (Wildman–Crippen LogP) is 1.77. The molecular weight excluding hydrogens is 260 g/mol. The number of amides is 1. The third-order valence-electron chi connectivity index (χ3n) is 2.02. The fourth-order valence-electron chi connectivity index (χ4n) is 1.22. The molecule has 0 saturated heterocycles. The van der Waals surface area contributed by atoms with E-state index in [-0.39, 0.29) is 12.4 Å². The fourth-order valence-corrected chi connectivity index (χ4v) is 2.03. The lowest BCUT2D eigenvalue weighted by molar-refractivity contribution is 0.0996. The van der Waals surface area contributed by atoms with E-state index in [2.05, 4.69) is 15.3 Å². The van der Waals surface area contributed by atoms with Gasteiger partial charge in [0.1, 0.15) is 16.5 Å². The molecule has 0 atom stereocenters. The molecule has 0 aliphatic heterocycles. The van der Waals surface area contributed by atoms with Crippen LogP contribution in [0.5, 0.6) is 0 Å². The molecule has 0 unspecified atom stereocenters. The number of pyridine rings is 1. The van der Waals surface area contributed by atoms with E-state index in [1.807, 2.05) is 12.1 Å². The van der Waals surface area contributed by atoms with Crippen LogP contribution in [-0.2, 0) is 0 Å². The zero-order valence-electron chi connectivity index (χ0n) is 9.01. The van der Waals surface area contributed by atoms with Crippen LogP contribution in [0.4, 0.5) is 5.82 Å². The molecule has 17 heavy (non-hydrogen) atoms. The van der Waals surface area contributed by atoms with Gasteiger partial charge in [-0.3, -0.25) is 4.79 Å². The second kappa shape index (κ2) is 5.60. The zero-order valence-corrected chi connectivity index (χ0v) is 10.6. The van der Waals surface area contributed by atoms with Gasteiger partial charge in [-0.1, -0.05) is 0 Å². The molecule has 1 amide bonds. The van der Waals surface area contributed by atoms with Crippen LogP contribution >= 0.6 is 23.7 Å². The topological polar surface area (TPSA) is 80.9 Å². The van der Waals surface area contributed by atoms with Gasteiger partial charge in [-0.25, -0.2) is 9.97 Å². The summed E-state index contributed by atoms with van der Waals surface area (Å²) in [7, 11) is 1.79. The normalized spacial score (nSPS) is 9.47. The van der Waals surface area contributed by atoms with Crippen LogP contribution in [0.15, 0.2) is 23.7 Å². The molecule has 7 heteroatoms. The summed E-state index contributed by atoms with van der Waals surface area (Å²) < 4.78 is 0. The number of rotatable bonds is 3. The Morgan fingerprint density at radius 1 is 1.53 bits per heavy atom. The molecule has 0 radical (unpaired) electrons. The molecule has 0 fully saturated rings. The van der Waals surface area contributed by atoms with E-state index in [4.69, 9.17) is 5.73 Å². The first-order valence-corrected chi connectivity index (χ1v) is 5.48. The van der Waals surface area contributed by atoms with Crippen molar-refractivity contribution in [2.75, 3.05) is 12.4 Å². The monoisotopic (exact) mass is 270 g/mol. The van der Waals surface area contributed by atoms with Crippen molar-refractivity contribution in [2.24, 2.45) is 5.73 Å². The summed E-state index contributed by atoms with van der Waals surface area (Å²) in [4.78, 5) is 19.2. The number of nitrogens with two attached hydrogens (primary N) is 1. The fraction of sp³-hybridized carbons (Fsp3) is 0.100. The van der Waals surface area contributed by atoms with E-state index >= 15 is 0 Å². The van der Waals surface area contributed by atoms with Crippen LogP contribution in [0.1, 0.15) is 10.5 Å². The molecule has 2 heterocycles. The van der Waals surface area contributed by atoms with Gasteiger partial charge >= 0.3 is 0 Å². The number of nitrogens with zero attached hydrogens (tertiary/aromatic N) is 2. The molecular formula is C10H11ClN4OS. The molecule has 0 saturated carbocycles. The van der Waals surface area contributed by atoms with Crippen molar-refractivity contribution < 1.29 is 4.79 Å². The maximum absolute atomic E-state index is 10.9. The number of nitrogens with one attached hydrogen (secondary N) is 1. The van der Waals surface area contributed by atoms with Crippen molar-refractivity contribution in [3.05, 3.63) is 29.4 Å². The maximum Gasteiger partial charge on any atom is 0.268 e. The lowest BCUT2D eigenvalue weighted by Gasteiger charge is -2.00. The number of aromatic nitrogens is 2. The number of primary amides is 1. The lowest BCUT2D eigenvalue weighted by atomic mass is 10.3. The Kier molecular flexibility index (Phi) is 4.42. The molecule has 90 valence electrons. The first kappa shape index (κ1) is 13.4. The molecule has 2 rings (SSSR count). The van der Waals surface area contributed by atoms with E-state index in [1.54, 1.807) is 18.6 Å². The Morgan fingerprint density at radius 3 is 2.88 bits per heavy atom. The number of carbonyl (C=O) groups is 1. The van der Waals surface area contributed by atoms with Crippen molar-refractivity contribution in [1.82, 2.24) is 9.97 Å². The summed E-state index contributed by atoms with van der Waals surface area (Å²) in [5.41, 5.74) is 6.35. The van der Waals surface area contributed by atoms with Crippen LogP contribution in [0.3, 0.4) is 0 Å². The third kappa shape index (κ3) is 2.92. The highest BCUT2D eigenvalue weighted by molar-refractivity contribution is 7.13. The van der Waals surface area contributed by atoms with Crippen LogP contribution < -0.4 is 11.1 Å². The summed E-state index contributed by atoms with van der Waals surface area (Å²) >= 11 is 1.38. The Balaban J connectivity index is 0.00000144. The second-order valence-corrected chi connectivity index (χ2v) is 3.94. The minimum Gasteiger partial charge on any atom is -0.373 e. The average molecular weight is 271 g/mol. The van der Waals surface area contributed by atoms with Crippen molar-refractivity contribution >= 4 is 35.5 Å². The van der Waals surface area contributed by atoms with Gasteiger partial charge in [-0.15, -0.1) is 23.7 Å². The Hall–Kier alpha value is -1.66. The Bertz CT molecular complexity index is 529. The quantitative estimate of drug-likeness (QED) is 0.891. The number of carbonyl (C=O) groups excluding carboxylic acids is 1. The average Bonchev–Trinajstić information content (AvgIpc) is 2.78. The second-order valence-electron chi connectivity index (χ2n) is 3.08. The van der Waals surface area contributed by atoms with Gasteiger partial charge in [-0.05, 0) is 12.1 Å². The molecule has 3 N–H and O–H groups in total. The highest BCUT2D eigenvalue weighted by Crippen LogP contribution is 2.24. The van der Waals surface area contributed by atoms with Crippen molar-refractivity contribution in [3.63, 3.8) is 0 Å². The van der Waals surface area contributed by atoms with Crippen LogP contribution in [-0.4, -0.2) is 22.9 Å². The molecule has 0 spiro atoms. The van der Waals surface area contributed by atoms with Crippen molar-refractivity contribution in [3.8, 4) is 10.6 Å². The molecule has 2 aromatic heterocycles. The van der Waals surface area contributed by atoms with Gasteiger partial charge in [0.05, 0.1) is 0 Å². The minimum absolute atomic E-state index is 0. The third-order valence-corrected chi connectivity index (χ3v) is 2.91. The number of halogens is 1. The van der Waals surface area contributed by atoms with Gasteiger partial charge in [0, 0.05) is 24.2 Å². The van der Waals surface area contributed by atoms with Crippen LogP contribution in [0.2, 0.25) is 0 Å². The number of hydrogen-bond acceptors (Lipinski definition) is 5. The summed E-state index contributed by atoms with van der Waals surface area (Å²) in [5.74, 6) is 0.249. The van der Waals surface area contributed by atoms with Crippen molar-refractivity contribution in [1.29, 1.82) is 0 Å². The standard InChI is InChI=1S/C10H10N4OS.ClH/c1-12-8-4-6(2-3-13-8)10-14-7(5-16-10)9(11)15;/h2-5H,1H3,(H2,11,15)(H,12,13);1H. The largest absolute Gasteiger partial charge is 0.373 e. The molecule has 0 aromatic carbocycles. The lowest BCUT2D eigenvalue weighted by Crippen LogP contribution is -2.10. The number of hydrogen-bond donors (Lipinski definition) is 2. The first-order valence-electron chi connectivity index (χ1n) is 4.60. The van der Waals surface area contributed by atoms with E-state index < -0.39 is 5.91 Å². The zero-order chi connectivity index (χ0) is 11.5. The summed E-state index contributed by atoms with van der Waals surface area (Å²) in [5, 5.41) is 5.35. The highest BCUT2D eigenvalue weighted by atomic mass is 35.5. The smallest absolute Gasteiger partial charge is 0.268 e. The summed E-state index contributed by atoms with van der Waals surface area (Å²) in [6, 6.07) is 3.70. The van der Waals surface area contributed by atoms with E-state index in [0.29, 0.717) is 5.69 Å². The number of thiazole rings is 1. The molecule has 2 aromatic rings. The van der Waals surface area contributed by atoms with Gasteiger partial charge in [-0.2, -0.15) is 0 Å². The van der Waals surface area contributed by atoms with Gasteiger partial charge < -0.3 is 11.1 Å². The molecule has 0 aliphatic rings. The SMILES string of the molecule is CNc1cc(-c2nc(C(N)=O)cs2)ccn1.Cl. The molecule has 5 nitrogen and oxygen atoms in total. The highest BCUT2D eigenvalue weighted by Gasteiger charge is 2.08. The summed E-state index contributed by atoms with van der Waals surface area (Å²) in [6.45, 7) is 0. The summed E-state index contributed by atoms with van der Waals surface area (Å²) in [6.07, 6.45) is 1.69. The van der Waals surface area contributed by atoms with E-state index in [0.717, 1.165) is 16.4 Å². The Labute approximate surface area is 109 Å². The van der Waals surface area contributed by atoms with Crippen molar-refractivity contribution in [2.45, 2.75) is 0 Å². The van der Waals surface area contributed by atoms with E-state index in [1.165, 1.54) is 11.3 Å². The van der Waals surface area contributed by atoms with Gasteiger partial charge in [0.15, 0.2) is 0 Å². The number of anilines is 1. The first-order chi connectivity index (χ1) is 7.70. The Morgan fingerprint density at radius 2 is 2.29 bits per heavy atom.